The van der Waals surface area contributed by atoms with Gasteiger partial charge in [-0.15, -0.1) is 0 Å². The fraction of sp³-hybridized carbons (Fsp3) is 0.640. The molecule has 1 saturated heterocycles. The van der Waals surface area contributed by atoms with Crippen molar-refractivity contribution in [1.82, 2.24) is 9.80 Å². The summed E-state index contributed by atoms with van der Waals surface area (Å²) in [7, 11) is 0. The van der Waals surface area contributed by atoms with Gasteiger partial charge in [-0.25, -0.2) is 4.79 Å². The van der Waals surface area contributed by atoms with Gasteiger partial charge in [-0.1, -0.05) is 11.6 Å². The van der Waals surface area contributed by atoms with Crippen LogP contribution in [-0.4, -0.2) is 53.1 Å². The summed E-state index contributed by atoms with van der Waals surface area (Å²) < 4.78 is 5.53. The molecule has 1 fully saturated rings. The highest BCUT2D eigenvalue weighted by atomic mass is 35.5. The van der Waals surface area contributed by atoms with Crippen LogP contribution in [0.15, 0.2) is 12.1 Å². The summed E-state index contributed by atoms with van der Waals surface area (Å²) in [5.41, 5.74) is 1.64. The van der Waals surface area contributed by atoms with Gasteiger partial charge in [0.25, 0.3) is 0 Å². The maximum atomic E-state index is 12.5. The van der Waals surface area contributed by atoms with Crippen LogP contribution >= 0.6 is 11.6 Å². The summed E-state index contributed by atoms with van der Waals surface area (Å²) in [5, 5.41) is 12.7. The molecule has 1 aromatic rings. The molecular weight excluding hydrogens is 440 g/mol. The minimum absolute atomic E-state index is 0.0238. The third-order valence-corrected chi connectivity index (χ3v) is 5.99. The number of nitrogens with one attached hydrogen (secondary N) is 1. The van der Waals surface area contributed by atoms with E-state index < -0.39 is 11.0 Å². The standard InChI is InChI=1S/C25H37ClN4O3/c1-17-14-29(10-11-30(17)23(32)33-24(3,4)5)15-19-12-20(26)13-21(18(19)2)28-22(31)8-9-25(6,7)16-27/h12-13,17H,8-11,14-15H2,1-7H3,(H,28,31)/t17-/m0/s1. The van der Waals surface area contributed by atoms with Gasteiger partial charge >= 0.3 is 6.09 Å². The Labute approximate surface area is 203 Å². The summed E-state index contributed by atoms with van der Waals surface area (Å²) >= 11 is 6.37. The molecule has 0 radical (unpaired) electrons. The minimum atomic E-state index is -0.538. The van der Waals surface area contributed by atoms with Crippen LogP contribution in [0, 0.1) is 23.7 Å². The van der Waals surface area contributed by atoms with Gasteiger partial charge in [-0.05, 0) is 78.1 Å². The highest BCUT2D eigenvalue weighted by Gasteiger charge is 2.31. The van der Waals surface area contributed by atoms with Gasteiger partial charge in [0.05, 0.1) is 11.5 Å². The normalized spacial score (nSPS) is 17.4. The fourth-order valence-electron chi connectivity index (χ4n) is 3.73. The summed E-state index contributed by atoms with van der Waals surface area (Å²) in [6.45, 7) is 16.0. The van der Waals surface area contributed by atoms with E-state index in [0.29, 0.717) is 30.2 Å². The first-order chi connectivity index (χ1) is 15.2. The largest absolute Gasteiger partial charge is 0.444 e. The Hall–Kier alpha value is -2.30. The Morgan fingerprint density at radius 1 is 1.24 bits per heavy atom. The summed E-state index contributed by atoms with van der Waals surface area (Å²) in [4.78, 5) is 29.0. The van der Waals surface area contributed by atoms with E-state index in [2.05, 4.69) is 16.3 Å². The molecule has 0 saturated carbocycles. The first-order valence-corrected chi connectivity index (χ1v) is 11.8. The number of rotatable bonds is 6. The molecule has 0 bridgehead atoms. The molecule has 7 nitrogen and oxygen atoms in total. The molecule has 0 unspecified atom stereocenters. The number of nitrogens with zero attached hydrogens (tertiary/aromatic N) is 3. The van der Waals surface area contributed by atoms with Crippen molar-refractivity contribution in [3.63, 3.8) is 0 Å². The molecule has 1 aliphatic heterocycles. The van der Waals surface area contributed by atoms with Gasteiger partial charge in [0, 0.05) is 49.4 Å². The van der Waals surface area contributed by atoms with Crippen LogP contribution in [0.2, 0.25) is 5.02 Å². The van der Waals surface area contributed by atoms with Crippen molar-refractivity contribution in [2.24, 2.45) is 5.41 Å². The van der Waals surface area contributed by atoms with Crippen molar-refractivity contribution < 1.29 is 14.3 Å². The monoisotopic (exact) mass is 476 g/mol. The minimum Gasteiger partial charge on any atom is -0.444 e. The average Bonchev–Trinajstić information content (AvgIpc) is 2.68. The summed E-state index contributed by atoms with van der Waals surface area (Å²) in [5.74, 6) is -0.130. The van der Waals surface area contributed by atoms with E-state index in [1.165, 1.54) is 0 Å². The van der Waals surface area contributed by atoms with Gasteiger partial charge in [-0.3, -0.25) is 9.69 Å². The van der Waals surface area contributed by atoms with E-state index in [1.807, 2.05) is 54.5 Å². The number of anilines is 1. The number of piperazine rings is 1. The van der Waals surface area contributed by atoms with Gasteiger partial charge in [0.1, 0.15) is 5.60 Å². The van der Waals surface area contributed by atoms with Gasteiger partial charge in [-0.2, -0.15) is 5.26 Å². The Kier molecular flexibility index (Phi) is 8.78. The van der Waals surface area contributed by atoms with Crippen molar-refractivity contribution in [2.75, 3.05) is 25.0 Å². The van der Waals surface area contributed by atoms with Crippen molar-refractivity contribution in [1.29, 1.82) is 5.26 Å². The third kappa shape index (κ3) is 8.21. The Balaban J connectivity index is 2.03. The van der Waals surface area contributed by atoms with Crippen LogP contribution in [0.25, 0.3) is 0 Å². The zero-order chi connectivity index (χ0) is 25.0. The summed E-state index contributed by atoms with van der Waals surface area (Å²) in [6, 6.07) is 5.93. The average molecular weight is 477 g/mol. The van der Waals surface area contributed by atoms with Crippen molar-refractivity contribution in [2.45, 2.75) is 79.5 Å². The van der Waals surface area contributed by atoms with Crippen LogP contribution in [0.1, 0.15) is 65.5 Å². The molecule has 0 aliphatic carbocycles. The number of hydrogen-bond donors (Lipinski definition) is 1. The SMILES string of the molecule is Cc1c(CN2CCN(C(=O)OC(C)(C)C)[C@@H](C)C2)cc(Cl)cc1NC(=O)CCC(C)(C)C#N. The molecule has 0 spiro atoms. The maximum Gasteiger partial charge on any atom is 0.410 e. The molecule has 0 aromatic heterocycles. The van der Waals surface area contributed by atoms with Crippen molar-refractivity contribution in [3.8, 4) is 6.07 Å². The first-order valence-electron chi connectivity index (χ1n) is 11.4. The van der Waals surface area contributed by atoms with Gasteiger partial charge in [0.15, 0.2) is 0 Å². The van der Waals surface area contributed by atoms with Crippen LogP contribution in [0.5, 0.6) is 0 Å². The van der Waals surface area contributed by atoms with Gasteiger partial charge in [0.2, 0.25) is 5.91 Å². The molecule has 1 heterocycles. The van der Waals surface area contributed by atoms with E-state index in [1.54, 1.807) is 11.0 Å². The number of hydrogen-bond acceptors (Lipinski definition) is 5. The number of amides is 2. The Bertz CT molecular complexity index is 917. The van der Waals surface area contributed by atoms with E-state index in [9.17, 15) is 9.59 Å². The van der Waals surface area contributed by atoms with Crippen LogP contribution in [-0.2, 0) is 16.1 Å². The highest BCUT2D eigenvalue weighted by molar-refractivity contribution is 6.31. The second kappa shape index (κ2) is 10.8. The van der Waals surface area contributed by atoms with Gasteiger partial charge < -0.3 is 15.0 Å². The van der Waals surface area contributed by atoms with E-state index in [-0.39, 0.29) is 24.5 Å². The number of nitriles is 1. The zero-order valence-corrected chi connectivity index (χ0v) is 21.7. The number of ether oxygens (including phenoxy) is 1. The highest BCUT2D eigenvalue weighted by Crippen LogP contribution is 2.28. The molecular formula is C25H37ClN4O3. The number of halogens is 1. The molecule has 8 heteroatoms. The molecule has 1 atom stereocenters. The number of benzene rings is 1. The van der Waals surface area contributed by atoms with E-state index in [0.717, 1.165) is 24.2 Å². The fourth-order valence-corrected chi connectivity index (χ4v) is 3.97. The third-order valence-electron chi connectivity index (χ3n) is 5.77. The molecule has 33 heavy (non-hydrogen) atoms. The van der Waals surface area contributed by atoms with Crippen LogP contribution in [0.3, 0.4) is 0 Å². The first kappa shape index (κ1) is 26.9. The molecule has 2 amide bonds. The molecule has 2 rings (SSSR count). The molecule has 1 aliphatic rings. The number of carbonyl (C=O) groups excluding carboxylic acids is 2. The maximum absolute atomic E-state index is 12.5. The summed E-state index contributed by atoms with van der Waals surface area (Å²) in [6.07, 6.45) is 0.478. The predicted octanol–water partition coefficient (Wildman–Crippen LogP) is 5.36. The molecule has 182 valence electrons. The lowest BCUT2D eigenvalue weighted by atomic mass is 9.89. The molecule has 1 N–H and O–H groups in total. The Morgan fingerprint density at radius 2 is 1.91 bits per heavy atom. The predicted molar refractivity (Wildman–Crippen MR) is 131 cm³/mol. The zero-order valence-electron chi connectivity index (χ0n) is 20.9. The van der Waals surface area contributed by atoms with Crippen LogP contribution in [0.4, 0.5) is 10.5 Å². The second-order valence-corrected chi connectivity index (χ2v) is 11.0. The second-order valence-electron chi connectivity index (χ2n) is 10.5. The lowest BCUT2D eigenvalue weighted by Gasteiger charge is -2.40. The van der Waals surface area contributed by atoms with E-state index in [4.69, 9.17) is 21.6 Å². The van der Waals surface area contributed by atoms with Crippen molar-refractivity contribution >= 4 is 29.3 Å². The quantitative estimate of drug-likeness (QED) is 0.597. The lowest BCUT2D eigenvalue weighted by Crippen LogP contribution is -2.54. The Morgan fingerprint density at radius 3 is 2.48 bits per heavy atom. The topological polar surface area (TPSA) is 85.7 Å². The smallest absolute Gasteiger partial charge is 0.410 e. The van der Waals surface area contributed by atoms with E-state index >= 15 is 0 Å². The lowest BCUT2D eigenvalue weighted by molar-refractivity contribution is -0.116. The molecule has 1 aromatic carbocycles. The van der Waals surface area contributed by atoms with Crippen LogP contribution < -0.4 is 5.32 Å². The van der Waals surface area contributed by atoms with Crippen molar-refractivity contribution in [3.05, 3.63) is 28.3 Å². The number of carbonyl (C=O) groups is 2.